The van der Waals surface area contributed by atoms with Crippen LogP contribution in [0.4, 0.5) is 4.79 Å². The minimum absolute atomic E-state index is 0.0694. The fraction of sp³-hybridized carbons (Fsp3) is 0.391. The molecular formula is C23H27NO7. The van der Waals surface area contributed by atoms with Crippen LogP contribution in [-0.4, -0.2) is 47.8 Å². The number of ether oxygens (including phenoxy) is 2. The molecule has 1 amide bonds. The summed E-state index contributed by atoms with van der Waals surface area (Å²) < 4.78 is 16.2. The number of cyclic esters (lactones) is 1. The van der Waals surface area contributed by atoms with Crippen LogP contribution < -0.4 is 16.3 Å². The maximum absolute atomic E-state index is 12.5. The molecule has 1 saturated heterocycles. The number of aliphatic hydroxyl groups is 2. The van der Waals surface area contributed by atoms with Crippen molar-refractivity contribution in [2.75, 3.05) is 20.3 Å². The average molecular weight is 429 g/mol. The van der Waals surface area contributed by atoms with Crippen LogP contribution in [-0.2, 0) is 9.47 Å². The van der Waals surface area contributed by atoms with Gasteiger partial charge in [0.25, 0.3) is 0 Å². The maximum Gasteiger partial charge on any atom is 0.412 e. The van der Waals surface area contributed by atoms with Crippen LogP contribution >= 0.6 is 0 Å². The Kier molecular flexibility index (Phi) is 7.86. The maximum atomic E-state index is 12.5. The fourth-order valence-electron chi connectivity index (χ4n) is 3.47. The van der Waals surface area contributed by atoms with Crippen molar-refractivity contribution in [3.63, 3.8) is 0 Å². The van der Waals surface area contributed by atoms with E-state index in [1.54, 1.807) is 6.07 Å². The van der Waals surface area contributed by atoms with Gasteiger partial charge in [0.2, 0.25) is 10.8 Å². The number of methoxy groups -OCH3 is 1. The molecule has 1 aliphatic rings. The van der Waals surface area contributed by atoms with E-state index in [0.29, 0.717) is 11.8 Å². The van der Waals surface area contributed by atoms with Gasteiger partial charge in [-0.1, -0.05) is 36.8 Å². The number of hydrogen-bond acceptors (Lipinski definition) is 7. The van der Waals surface area contributed by atoms with E-state index < -0.39 is 23.8 Å². The van der Waals surface area contributed by atoms with Crippen LogP contribution in [0.15, 0.2) is 51.7 Å². The van der Waals surface area contributed by atoms with Crippen LogP contribution in [0.5, 0.6) is 0 Å². The normalized spacial score (nSPS) is 18.7. The highest BCUT2D eigenvalue weighted by molar-refractivity contribution is 5.72. The first-order valence-corrected chi connectivity index (χ1v) is 10.2. The van der Waals surface area contributed by atoms with E-state index in [-0.39, 0.29) is 24.4 Å². The molecule has 166 valence electrons. The lowest BCUT2D eigenvalue weighted by Gasteiger charge is -2.27. The molecule has 1 unspecified atom stereocenters. The first kappa shape index (κ1) is 22.6. The van der Waals surface area contributed by atoms with Gasteiger partial charge in [-0.05, 0) is 43.0 Å². The number of aliphatic hydroxyl groups excluding tert-OH is 2. The standard InChI is InChI=1S/C23H27NO7/c1-29-21(20-19(26)13-12-17(31-20)11-7-2-3-8-14-25)22(27)24-18(15-30-23(24)28)16-9-5-4-6-10-16/h4-6,9-13,18,22,25,27H,2-3,7-8,14-15H2,1H3/t18-,22?/m1/s1. The van der Waals surface area contributed by atoms with Crippen molar-refractivity contribution >= 4 is 17.9 Å². The third-order valence-corrected chi connectivity index (χ3v) is 5.09. The predicted octanol–water partition coefficient (Wildman–Crippen LogP) is 1.24. The number of amides is 1. The monoisotopic (exact) mass is 429 g/mol. The van der Waals surface area contributed by atoms with Gasteiger partial charge in [-0.2, -0.15) is 0 Å². The highest BCUT2D eigenvalue weighted by Crippen LogP contribution is 2.31. The molecule has 0 saturated carbocycles. The minimum atomic E-state index is -1.57. The molecule has 0 aliphatic carbocycles. The summed E-state index contributed by atoms with van der Waals surface area (Å²) in [5.41, 5.74) is 0.582. The number of unbranched alkanes of at least 4 members (excludes halogenated alkanes) is 3. The molecule has 0 radical (unpaired) electrons. The van der Waals surface area contributed by atoms with E-state index in [1.807, 2.05) is 36.4 Å². The summed E-state index contributed by atoms with van der Waals surface area (Å²) in [6.45, 7) is 0.228. The van der Waals surface area contributed by atoms with Crippen LogP contribution in [0.2, 0.25) is 0 Å². The van der Waals surface area contributed by atoms with Crippen molar-refractivity contribution in [3.8, 4) is 0 Å². The van der Waals surface area contributed by atoms with Gasteiger partial charge in [-0.25, -0.2) is 4.79 Å². The van der Waals surface area contributed by atoms with Gasteiger partial charge in [0.15, 0.2) is 12.0 Å². The Bertz CT molecular complexity index is 1050. The zero-order valence-electron chi connectivity index (χ0n) is 17.4. The second kappa shape index (κ2) is 10.8. The van der Waals surface area contributed by atoms with Crippen LogP contribution in [0.1, 0.15) is 37.3 Å². The number of rotatable bonds is 9. The Morgan fingerprint density at radius 2 is 1.97 bits per heavy atom. The Balaban J connectivity index is 1.95. The van der Waals surface area contributed by atoms with E-state index in [0.717, 1.165) is 29.7 Å². The third kappa shape index (κ3) is 5.34. The quantitative estimate of drug-likeness (QED) is 0.577. The Labute approximate surface area is 179 Å². The van der Waals surface area contributed by atoms with Gasteiger partial charge in [-0.15, -0.1) is 0 Å². The van der Waals surface area contributed by atoms with Gasteiger partial charge >= 0.3 is 6.09 Å². The molecular weight excluding hydrogens is 402 g/mol. The molecule has 2 atom stereocenters. The van der Waals surface area contributed by atoms with Gasteiger partial charge in [0.1, 0.15) is 12.0 Å². The Morgan fingerprint density at radius 1 is 1.19 bits per heavy atom. The van der Waals surface area contributed by atoms with Crippen molar-refractivity contribution in [1.29, 1.82) is 0 Å². The van der Waals surface area contributed by atoms with Crippen molar-refractivity contribution < 1.29 is 28.9 Å². The number of carbonyl (C=O) groups is 1. The van der Waals surface area contributed by atoms with Crippen molar-refractivity contribution in [2.45, 2.75) is 38.0 Å². The molecule has 1 aromatic carbocycles. The highest BCUT2D eigenvalue weighted by atomic mass is 16.6. The molecule has 31 heavy (non-hydrogen) atoms. The molecule has 0 bridgehead atoms. The molecule has 1 aliphatic heterocycles. The summed E-state index contributed by atoms with van der Waals surface area (Å²) in [7, 11) is 1.30. The molecule has 1 fully saturated rings. The molecule has 8 heteroatoms. The lowest BCUT2D eigenvalue weighted by atomic mass is 10.1. The second-order valence-electron chi connectivity index (χ2n) is 7.16. The van der Waals surface area contributed by atoms with E-state index in [9.17, 15) is 14.7 Å². The largest absolute Gasteiger partial charge is 0.493 e. The summed E-state index contributed by atoms with van der Waals surface area (Å²) in [5.74, 6) is -0.166. The first-order valence-electron chi connectivity index (χ1n) is 10.2. The molecule has 2 aromatic rings. The third-order valence-electron chi connectivity index (χ3n) is 5.09. The molecule has 0 spiro atoms. The summed E-state index contributed by atoms with van der Waals surface area (Å²) in [5, 5.41) is 19.8. The lowest BCUT2D eigenvalue weighted by Crippen LogP contribution is -2.43. The molecule has 3 rings (SSSR count). The molecule has 8 nitrogen and oxygen atoms in total. The number of carbonyl (C=O) groups excluding carboxylic acids is 1. The fourth-order valence-corrected chi connectivity index (χ4v) is 3.47. The average Bonchev–Trinajstić information content (AvgIpc) is 3.18. The second-order valence-corrected chi connectivity index (χ2v) is 7.16. The minimum Gasteiger partial charge on any atom is -0.493 e. The van der Waals surface area contributed by atoms with E-state index in [1.165, 1.54) is 13.2 Å². The Hall–Kier alpha value is -3.10. The summed E-state index contributed by atoms with van der Waals surface area (Å²) in [6, 6.07) is 11.5. The first-order chi connectivity index (χ1) is 15.1. The zero-order chi connectivity index (χ0) is 22.2. The Morgan fingerprint density at radius 3 is 2.68 bits per heavy atom. The topological polar surface area (TPSA) is 109 Å². The summed E-state index contributed by atoms with van der Waals surface area (Å²) >= 11 is 0. The van der Waals surface area contributed by atoms with Crippen LogP contribution in [0, 0.1) is 0 Å². The lowest BCUT2D eigenvalue weighted by molar-refractivity contribution is 0.0358. The summed E-state index contributed by atoms with van der Waals surface area (Å²) in [6.07, 6.45) is 2.74. The molecule has 1 aromatic heterocycles. The van der Waals surface area contributed by atoms with E-state index in [4.69, 9.17) is 19.0 Å². The smallest absolute Gasteiger partial charge is 0.412 e. The molecule has 2 N–H and O–H groups in total. The van der Waals surface area contributed by atoms with E-state index in [2.05, 4.69) is 0 Å². The predicted molar refractivity (Wildman–Crippen MR) is 113 cm³/mol. The highest BCUT2D eigenvalue weighted by Gasteiger charge is 2.41. The van der Waals surface area contributed by atoms with E-state index >= 15 is 0 Å². The van der Waals surface area contributed by atoms with Crippen LogP contribution in [0.25, 0.3) is 11.8 Å². The van der Waals surface area contributed by atoms with Crippen LogP contribution in [0.3, 0.4) is 0 Å². The number of nitrogens with zero attached hydrogens (tertiary/aromatic N) is 1. The molecule has 2 heterocycles. The number of hydrogen-bond donors (Lipinski definition) is 2. The van der Waals surface area contributed by atoms with Gasteiger partial charge in [0.05, 0.1) is 13.2 Å². The van der Waals surface area contributed by atoms with Crippen molar-refractivity contribution in [1.82, 2.24) is 4.90 Å². The summed E-state index contributed by atoms with van der Waals surface area (Å²) in [4.78, 5) is 26.0. The van der Waals surface area contributed by atoms with Gasteiger partial charge < -0.3 is 24.1 Å². The van der Waals surface area contributed by atoms with Gasteiger partial charge in [-0.3, -0.25) is 9.69 Å². The number of benzene rings is 1. The van der Waals surface area contributed by atoms with Crippen molar-refractivity contribution in [3.05, 3.63) is 69.1 Å². The van der Waals surface area contributed by atoms with Crippen molar-refractivity contribution in [2.24, 2.45) is 0 Å². The zero-order valence-corrected chi connectivity index (χ0v) is 17.4. The SMILES string of the molecule is COC(=c1oc(=CCCCCCO)ccc1=O)C(O)N1C(=O)OC[C@@H]1c1ccccc1. The van der Waals surface area contributed by atoms with Gasteiger partial charge in [0, 0.05) is 6.61 Å².